The average molecular weight is 507 g/mol. The number of Topliss-reactive ketones (excluding diaryl/α,β-unsaturated/α-hetero) is 1. The second-order valence-corrected chi connectivity index (χ2v) is 12.3. The highest BCUT2D eigenvalue weighted by molar-refractivity contribution is 5.94. The molecule has 0 amide bonds. The lowest BCUT2D eigenvalue weighted by Gasteiger charge is -2.18. The smallest absolute Gasteiger partial charge is 0.159 e. The fourth-order valence-electron chi connectivity index (χ4n) is 5.87. The van der Waals surface area contributed by atoms with Crippen molar-refractivity contribution in [2.45, 2.75) is 91.9 Å². The second-order valence-electron chi connectivity index (χ2n) is 12.3. The summed E-state index contributed by atoms with van der Waals surface area (Å²) in [6, 6.07) is 17.2. The van der Waals surface area contributed by atoms with E-state index in [9.17, 15) is 4.79 Å². The molecule has 1 saturated carbocycles. The van der Waals surface area contributed by atoms with E-state index in [2.05, 4.69) is 82.0 Å². The third kappa shape index (κ3) is 7.56. The SMILES string of the molecule is C=CC(C)(C)C/C=C1/CCCC(C/C=C2\Cc3ccccc3CC(Cc3ccc(C(C)=O)cc3)=C2C)CC1. The minimum Gasteiger partial charge on any atom is -0.295 e. The molecule has 1 atom stereocenters. The highest BCUT2D eigenvalue weighted by Gasteiger charge is 2.20. The van der Waals surface area contributed by atoms with Crippen LogP contribution in [0.4, 0.5) is 0 Å². The predicted octanol–water partition coefficient (Wildman–Crippen LogP) is 9.97. The minimum absolute atomic E-state index is 0.127. The third-order valence-electron chi connectivity index (χ3n) is 8.84. The number of ketones is 1. The van der Waals surface area contributed by atoms with Crippen LogP contribution in [-0.2, 0) is 19.3 Å². The molecule has 0 saturated heterocycles. The maximum atomic E-state index is 11.7. The molecule has 4 rings (SSSR count). The van der Waals surface area contributed by atoms with Crippen molar-refractivity contribution in [2.75, 3.05) is 0 Å². The van der Waals surface area contributed by atoms with Gasteiger partial charge in [-0.25, -0.2) is 0 Å². The van der Waals surface area contributed by atoms with Gasteiger partial charge < -0.3 is 0 Å². The number of allylic oxidation sites excluding steroid dienone is 7. The van der Waals surface area contributed by atoms with Gasteiger partial charge in [0.05, 0.1) is 0 Å². The van der Waals surface area contributed by atoms with Gasteiger partial charge in [-0.05, 0) is 117 Å². The van der Waals surface area contributed by atoms with Crippen LogP contribution in [0.1, 0.15) is 99.7 Å². The molecule has 1 heteroatoms. The van der Waals surface area contributed by atoms with Crippen LogP contribution in [-0.4, -0.2) is 5.78 Å². The molecule has 200 valence electrons. The van der Waals surface area contributed by atoms with E-state index in [1.165, 1.54) is 71.9 Å². The maximum Gasteiger partial charge on any atom is 0.159 e. The monoisotopic (exact) mass is 506 g/mol. The topological polar surface area (TPSA) is 17.1 Å². The van der Waals surface area contributed by atoms with Gasteiger partial charge >= 0.3 is 0 Å². The molecule has 0 N–H and O–H groups in total. The minimum atomic E-state index is 0.127. The van der Waals surface area contributed by atoms with Gasteiger partial charge in [0, 0.05) is 5.56 Å². The van der Waals surface area contributed by atoms with Crippen molar-refractivity contribution >= 4 is 5.78 Å². The van der Waals surface area contributed by atoms with Crippen molar-refractivity contribution < 1.29 is 4.79 Å². The zero-order valence-electron chi connectivity index (χ0n) is 24.1. The second kappa shape index (κ2) is 12.7. The summed E-state index contributed by atoms with van der Waals surface area (Å²) in [6.45, 7) is 12.5. The Labute approximate surface area is 231 Å². The Balaban J connectivity index is 1.51. The molecule has 0 heterocycles. The standard InChI is InChI=1S/C37H46O/c1-6-37(4,5)23-22-30-11-9-10-29(14-15-30)16-21-33-25-34-12-7-8-13-35(34)26-36(27(33)2)24-31-17-19-32(20-18-31)28(3)38/h6-8,12-13,17-22,29H,1,9-11,14-16,23-26H2,2-5H3/b30-22-,33-21+. The van der Waals surface area contributed by atoms with Crippen molar-refractivity contribution in [3.63, 3.8) is 0 Å². The lowest BCUT2D eigenvalue weighted by molar-refractivity contribution is 0.101. The molecule has 0 aliphatic heterocycles. The first-order chi connectivity index (χ1) is 18.2. The van der Waals surface area contributed by atoms with Crippen molar-refractivity contribution in [2.24, 2.45) is 11.3 Å². The number of carbonyl (C=O) groups is 1. The van der Waals surface area contributed by atoms with Gasteiger partial charge in [0.25, 0.3) is 0 Å². The Kier molecular flexibility index (Phi) is 9.42. The molecule has 1 fully saturated rings. The number of hydrogen-bond donors (Lipinski definition) is 0. The first kappa shape index (κ1) is 28.1. The molecular formula is C37H46O. The molecule has 38 heavy (non-hydrogen) atoms. The van der Waals surface area contributed by atoms with Crippen LogP contribution in [0.5, 0.6) is 0 Å². The Morgan fingerprint density at radius 2 is 1.68 bits per heavy atom. The molecule has 1 nitrogen and oxygen atoms in total. The Morgan fingerprint density at radius 1 is 0.974 bits per heavy atom. The number of carbonyl (C=O) groups excluding carboxylic acids is 1. The van der Waals surface area contributed by atoms with E-state index in [1.807, 2.05) is 12.1 Å². The van der Waals surface area contributed by atoms with Crippen LogP contribution in [0.15, 0.2) is 95.6 Å². The molecule has 2 aliphatic rings. The summed E-state index contributed by atoms with van der Waals surface area (Å²) in [7, 11) is 0. The molecule has 0 radical (unpaired) electrons. The highest BCUT2D eigenvalue weighted by Crippen LogP contribution is 2.34. The van der Waals surface area contributed by atoms with Crippen LogP contribution < -0.4 is 0 Å². The van der Waals surface area contributed by atoms with Crippen molar-refractivity contribution in [3.05, 3.63) is 118 Å². The van der Waals surface area contributed by atoms with E-state index in [0.29, 0.717) is 0 Å². The van der Waals surface area contributed by atoms with E-state index in [-0.39, 0.29) is 11.2 Å². The van der Waals surface area contributed by atoms with E-state index < -0.39 is 0 Å². The summed E-state index contributed by atoms with van der Waals surface area (Å²) in [6.07, 6.45) is 18.9. The van der Waals surface area contributed by atoms with Crippen LogP contribution in [0.3, 0.4) is 0 Å². The van der Waals surface area contributed by atoms with Crippen molar-refractivity contribution in [1.82, 2.24) is 0 Å². The molecule has 2 aromatic carbocycles. The fraction of sp³-hybridized carbons (Fsp3) is 0.432. The molecule has 2 aliphatic carbocycles. The van der Waals surface area contributed by atoms with E-state index in [0.717, 1.165) is 37.2 Å². The number of hydrogen-bond acceptors (Lipinski definition) is 1. The molecule has 0 spiro atoms. The zero-order chi connectivity index (χ0) is 27.1. The van der Waals surface area contributed by atoms with Crippen LogP contribution in [0.25, 0.3) is 0 Å². The van der Waals surface area contributed by atoms with Gasteiger partial charge in [0.2, 0.25) is 0 Å². The van der Waals surface area contributed by atoms with Crippen LogP contribution >= 0.6 is 0 Å². The van der Waals surface area contributed by atoms with E-state index >= 15 is 0 Å². The Hall–Kier alpha value is -2.93. The summed E-state index contributed by atoms with van der Waals surface area (Å²) in [5.74, 6) is 0.900. The highest BCUT2D eigenvalue weighted by atomic mass is 16.1. The molecular weight excluding hydrogens is 460 g/mol. The predicted molar refractivity (Wildman–Crippen MR) is 163 cm³/mol. The fourth-order valence-corrected chi connectivity index (χ4v) is 5.87. The quantitative estimate of drug-likeness (QED) is 0.198. The van der Waals surface area contributed by atoms with Crippen molar-refractivity contribution in [1.29, 1.82) is 0 Å². The summed E-state index contributed by atoms with van der Waals surface area (Å²) in [4.78, 5) is 11.7. The maximum absolute atomic E-state index is 11.7. The number of rotatable bonds is 8. The summed E-state index contributed by atoms with van der Waals surface area (Å²) >= 11 is 0. The molecule has 1 unspecified atom stereocenters. The molecule has 2 aromatic rings. The number of benzene rings is 2. The van der Waals surface area contributed by atoms with E-state index in [1.54, 1.807) is 12.5 Å². The summed E-state index contributed by atoms with van der Waals surface area (Å²) in [5, 5.41) is 0. The first-order valence-corrected chi connectivity index (χ1v) is 14.6. The third-order valence-corrected chi connectivity index (χ3v) is 8.84. The lowest BCUT2D eigenvalue weighted by Crippen LogP contribution is -2.05. The largest absolute Gasteiger partial charge is 0.295 e. The first-order valence-electron chi connectivity index (χ1n) is 14.6. The van der Waals surface area contributed by atoms with Gasteiger partial charge in [-0.2, -0.15) is 0 Å². The van der Waals surface area contributed by atoms with Gasteiger partial charge in [0.1, 0.15) is 0 Å². The van der Waals surface area contributed by atoms with Gasteiger partial charge in [-0.15, -0.1) is 6.58 Å². The van der Waals surface area contributed by atoms with E-state index in [4.69, 9.17) is 0 Å². The van der Waals surface area contributed by atoms with Crippen LogP contribution in [0.2, 0.25) is 0 Å². The Morgan fingerprint density at radius 3 is 2.37 bits per heavy atom. The Bertz CT molecular complexity index is 1230. The van der Waals surface area contributed by atoms with Crippen molar-refractivity contribution in [3.8, 4) is 0 Å². The lowest BCUT2D eigenvalue weighted by atomic mass is 9.88. The van der Waals surface area contributed by atoms with Gasteiger partial charge in [0.15, 0.2) is 5.78 Å². The zero-order valence-corrected chi connectivity index (χ0v) is 24.1. The summed E-state index contributed by atoms with van der Waals surface area (Å²) in [5.41, 5.74) is 11.3. The normalized spacial score (nSPS) is 20.7. The molecule has 0 aromatic heterocycles. The average Bonchev–Trinajstić information content (AvgIpc) is 3.22. The van der Waals surface area contributed by atoms with Crippen LogP contribution in [0, 0.1) is 11.3 Å². The van der Waals surface area contributed by atoms with Gasteiger partial charge in [-0.3, -0.25) is 4.79 Å². The van der Waals surface area contributed by atoms with Gasteiger partial charge in [-0.1, -0.05) is 91.8 Å². The summed E-state index contributed by atoms with van der Waals surface area (Å²) < 4.78 is 0. The molecule has 0 bridgehead atoms. The number of fused-ring (bicyclic) bond motifs is 1.